The molecule has 2 unspecified atom stereocenters. The second kappa shape index (κ2) is 7.43. The van der Waals surface area contributed by atoms with Crippen molar-refractivity contribution in [3.8, 4) is 0 Å². The smallest absolute Gasteiger partial charge is 0.246 e. The predicted octanol–water partition coefficient (Wildman–Crippen LogP) is 1.07. The number of methoxy groups -OCH3 is 2. The molecule has 0 N–H and O–H groups in total. The summed E-state index contributed by atoms with van der Waals surface area (Å²) in [5.74, 6) is -0.0946. The van der Waals surface area contributed by atoms with Crippen LogP contribution in [0.4, 0.5) is 0 Å². The molecule has 0 spiro atoms. The first-order valence-electron chi connectivity index (χ1n) is 5.02. The van der Waals surface area contributed by atoms with Gasteiger partial charge in [0, 0.05) is 27.3 Å². The van der Waals surface area contributed by atoms with E-state index in [2.05, 4.69) is 6.58 Å². The van der Waals surface area contributed by atoms with Gasteiger partial charge in [-0.2, -0.15) is 0 Å². The summed E-state index contributed by atoms with van der Waals surface area (Å²) in [5.41, 5.74) is 0. The van der Waals surface area contributed by atoms with Crippen LogP contribution in [0.25, 0.3) is 0 Å². The van der Waals surface area contributed by atoms with E-state index in [1.807, 2.05) is 13.8 Å². The average molecular weight is 215 g/mol. The first-order chi connectivity index (χ1) is 7.04. The average Bonchev–Trinajstić information content (AvgIpc) is 2.26. The van der Waals surface area contributed by atoms with Crippen molar-refractivity contribution in [1.29, 1.82) is 0 Å². The number of rotatable bonds is 7. The third kappa shape index (κ3) is 5.54. The number of ether oxygens (including phenoxy) is 2. The van der Waals surface area contributed by atoms with Crippen LogP contribution in [-0.4, -0.2) is 50.3 Å². The molecule has 0 saturated heterocycles. The molecule has 0 aliphatic carbocycles. The van der Waals surface area contributed by atoms with Gasteiger partial charge >= 0.3 is 0 Å². The predicted molar refractivity (Wildman–Crippen MR) is 59.7 cm³/mol. The quantitative estimate of drug-likeness (QED) is 0.596. The molecule has 0 aliphatic heterocycles. The Balaban J connectivity index is 4.30. The number of amides is 1. The van der Waals surface area contributed by atoms with Crippen LogP contribution >= 0.6 is 0 Å². The van der Waals surface area contributed by atoms with Gasteiger partial charge in [0.1, 0.15) is 0 Å². The summed E-state index contributed by atoms with van der Waals surface area (Å²) in [6, 6.07) is 0. The number of carbonyl (C=O) groups excluding carboxylic acids is 1. The highest BCUT2D eigenvalue weighted by Gasteiger charge is 2.16. The van der Waals surface area contributed by atoms with Gasteiger partial charge < -0.3 is 14.4 Å². The van der Waals surface area contributed by atoms with Crippen molar-refractivity contribution in [3.05, 3.63) is 12.7 Å². The highest BCUT2D eigenvalue weighted by Crippen LogP contribution is 2.01. The molecule has 88 valence electrons. The van der Waals surface area contributed by atoms with Crippen molar-refractivity contribution >= 4 is 5.91 Å². The van der Waals surface area contributed by atoms with Crippen LogP contribution in [0.15, 0.2) is 12.7 Å². The summed E-state index contributed by atoms with van der Waals surface area (Å²) in [6.45, 7) is 8.41. The zero-order valence-electron chi connectivity index (χ0n) is 10.0. The molecule has 0 saturated carbocycles. The zero-order valence-corrected chi connectivity index (χ0v) is 10.0. The fourth-order valence-electron chi connectivity index (χ4n) is 1.15. The van der Waals surface area contributed by atoms with Gasteiger partial charge in [0.05, 0.1) is 12.2 Å². The Hall–Kier alpha value is -0.870. The van der Waals surface area contributed by atoms with Crippen molar-refractivity contribution < 1.29 is 14.3 Å². The summed E-state index contributed by atoms with van der Waals surface area (Å²) < 4.78 is 10.2. The molecule has 15 heavy (non-hydrogen) atoms. The number of carbonyl (C=O) groups is 1. The van der Waals surface area contributed by atoms with E-state index in [0.717, 1.165) is 0 Å². The topological polar surface area (TPSA) is 38.8 Å². The molecule has 0 bridgehead atoms. The third-order valence-corrected chi connectivity index (χ3v) is 2.25. The van der Waals surface area contributed by atoms with Crippen LogP contribution in [0.3, 0.4) is 0 Å². The Bertz CT molecular complexity index is 194. The molecular formula is C11H21NO3. The molecule has 0 rings (SSSR count). The van der Waals surface area contributed by atoms with E-state index in [-0.39, 0.29) is 18.1 Å². The molecule has 0 heterocycles. The second-order valence-electron chi connectivity index (χ2n) is 3.54. The van der Waals surface area contributed by atoms with E-state index >= 15 is 0 Å². The molecule has 0 aliphatic rings. The lowest BCUT2D eigenvalue weighted by Crippen LogP contribution is -2.40. The number of nitrogens with zero attached hydrogens (tertiary/aromatic N) is 1. The van der Waals surface area contributed by atoms with Crippen molar-refractivity contribution in [2.45, 2.75) is 26.1 Å². The summed E-state index contributed by atoms with van der Waals surface area (Å²) >= 11 is 0. The van der Waals surface area contributed by atoms with E-state index in [9.17, 15) is 4.79 Å². The standard InChI is InChI=1S/C11H21NO3/c1-6-11(13)12(7-9(2)14-4)8-10(3)15-5/h6,9-10H,1,7-8H2,2-5H3. The SMILES string of the molecule is C=CC(=O)N(CC(C)OC)CC(C)OC. The fourth-order valence-corrected chi connectivity index (χ4v) is 1.15. The first kappa shape index (κ1) is 14.1. The molecule has 1 amide bonds. The van der Waals surface area contributed by atoms with Gasteiger partial charge in [-0.1, -0.05) is 6.58 Å². The Morgan fingerprint density at radius 1 is 1.27 bits per heavy atom. The maximum Gasteiger partial charge on any atom is 0.246 e. The van der Waals surface area contributed by atoms with Crippen molar-refractivity contribution in [2.75, 3.05) is 27.3 Å². The molecule has 0 aromatic rings. The summed E-state index contributed by atoms with van der Waals surface area (Å²) in [5, 5.41) is 0. The van der Waals surface area contributed by atoms with Crippen LogP contribution in [-0.2, 0) is 14.3 Å². The fraction of sp³-hybridized carbons (Fsp3) is 0.727. The van der Waals surface area contributed by atoms with Crippen molar-refractivity contribution in [1.82, 2.24) is 4.90 Å². The molecule has 4 heteroatoms. The highest BCUT2D eigenvalue weighted by molar-refractivity contribution is 5.87. The van der Waals surface area contributed by atoms with Gasteiger partial charge in [-0.15, -0.1) is 0 Å². The minimum Gasteiger partial charge on any atom is -0.380 e. The molecule has 0 aromatic carbocycles. The summed E-state index contributed by atoms with van der Waals surface area (Å²) in [4.78, 5) is 13.2. The molecule has 2 atom stereocenters. The highest BCUT2D eigenvalue weighted by atomic mass is 16.5. The first-order valence-corrected chi connectivity index (χ1v) is 5.02. The minimum absolute atomic E-state index is 0.0120. The second-order valence-corrected chi connectivity index (χ2v) is 3.54. The lowest BCUT2D eigenvalue weighted by atomic mass is 10.3. The zero-order chi connectivity index (χ0) is 11.8. The lowest BCUT2D eigenvalue weighted by molar-refractivity contribution is -0.129. The van der Waals surface area contributed by atoms with Gasteiger partial charge in [-0.05, 0) is 19.9 Å². The lowest BCUT2D eigenvalue weighted by Gasteiger charge is -2.26. The monoisotopic (exact) mass is 215 g/mol. The Labute approximate surface area is 91.8 Å². The molecule has 4 nitrogen and oxygen atoms in total. The van der Waals surface area contributed by atoms with Crippen LogP contribution in [0.5, 0.6) is 0 Å². The molecule has 0 radical (unpaired) electrons. The normalized spacial score (nSPS) is 14.4. The van der Waals surface area contributed by atoms with Gasteiger partial charge in [0.2, 0.25) is 5.91 Å². The summed E-state index contributed by atoms with van der Waals surface area (Å²) in [6.07, 6.45) is 1.33. The Kier molecular flexibility index (Phi) is 6.99. The summed E-state index contributed by atoms with van der Waals surface area (Å²) in [7, 11) is 3.25. The molecular weight excluding hydrogens is 194 g/mol. The van der Waals surface area contributed by atoms with Crippen LogP contribution in [0.2, 0.25) is 0 Å². The van der Waals surface area contributed by atoms with Crippen LogP contribution in [0, 0.1) is 0 Å². The number of hydrogen-bond donors (Lipinski definition) is 0. The minimum atomic E-state index is -0.0946. The Morgan fingerprint density at radius 3 is 1.93 bits per heavy atom. The maximum absolute atomic E-state index is 11.5. The van der Waals surface area contributed by atoms with E-state index in [1.165, 1.54) is 6.08 Å². The van der Waals surface area contributed by atoms with Gasteiger partial charge in [-0.3, -0.25) is 4.79 Å². The van der Waals surface area contributed by atoms with E-state index in [1.54, 1.807) is 19.1 Å². The van der Waals surface area contributed by atoms with Gasteiger partial charge in [0.25, 0.3) is 0 Å². The van der Waals surface area contributed by atoms with Crippen molar-refractivity contribution in [3.63, 3.8) is 0 Å². The van der Waals surface area contributed by atoms with Gasteiger partial charge in [0.15, 0.2) is 0 Å². The van der Waals surface area contributed by atoms with Crippen molar-refractivity contribution in [2.24, 2.45) is 0 Å². The van der Waals surface area contributed by atoms with E-state index in [4.69, 9.17) is 9.47 Å². The Morgan fingerprint density at radius 2 is 1.67 bits per heavy atom. The van der Waals surface area contributed by atoms with Crippen LogP contribution in [0.1, 0.15) is 13.8 Å². The maximum atomic E-state index is 11.5. The largest absolute Gasteiger partial charge is 0.380 e. The van der Waals surface area contributed by atoms with E-state index in [0.29, 0.717) is 13.1 Å². The van der Waals surface area contributed by atoms with E-state index < -0.39 is 0 Å². The molecule has 0 aromatic heterocycles. The number of hydrogen-bond acceptors (Lipinski definition) is 3. The molecule has 0 fully saturated rings. The van der Waals surface area contributed by atoms with Gasteiger partial charge in [-0.25, -0.2) is 0 Å². The van der Waals surface area contributed by atoms with Crippen LogP contribution < -0.4 is 0 Å². The third-order valence-electron chi connectivity index (χ3n) is 2.25.